The smallest absolute Gasteiger partial charge is 0.165 e. The summed E-state index contributed by atoms with van der Waals surface area (Å²) < 4.78 is 10.4. The highest BCUT2D eigenvalue weighted by molar-refractivity contribution is 6.30. The third kappa shape index (κ3) is 2.11. The minimum Gasteiger partial charge on any atom is -0.493 e. The normalized spacial score (nSPS) is 12.4. The zero-order valence-electron chi connectivity index (χ0n) is 8.50. The van der Waals surface area contributed by atoms with E-state index in [1.807, 2.05) is 6.92 Å². The number of nitrogens with two attached hydrogens (primary N) is 1. The summed E-state index contributed by atoms with van der Waals surface area (Å²) in [6, 6.07) is 3.34. The van der Waals surface area contributed by atoms with E-state index >= 15 is 0 Å². The van der Waals surface area contributed by atoms with Gasteiger partial charge in [0, 0.05) is 22.7 Å². The van der Waals surface area contributed by atoms with E-state index in [1.165, 1.54) is 0 Å². The molecule has 14 heavy (non-hydrogen) atoms. The molecule has 0 aliphatic carbocycles. The number of hydrogen-bond donors (Lipinski definition) is 1. The van der Waals surface area contributed by atoms with Crippen LogP contribution in [0.3, 0.4) is 0 Å². The Morgan fingerprint density at radius 2 is 1.93 bits per heavy atom. The zero-order valence-corrected chi connectivity index (χ0v) is 9.26. The van der Waals surface area contributed by atoms with Gasteiger partial charge in [-0.3, -0.25) is 0 Å². The van der Waals surface area contributed by atoms with Gasteiger partial charge in [0.1, 0.15) is 0 Å². The molecule has 0 saturated heterocycles. The summed E-state index contributed by atoms with van der Waals surface area (Å²) in [5, 5.41) is 0.593. The van der Waals surface area contributed by atoms with Crippen molar-refractivity contribution in [1.82, 2.24) is 0 Å². The van der Waals surface area contributed by atoms with Crippen LogP contribution in [0.2, 0.25) is 5.02 Å². The Labute approximate surface area is 88.8 Å². The Bertz CT molecular complexity index is 326. The van der Waals surface area contributed by atoms with Gasteiger partial charge in [0.2, 0.25) is 0 Å². The maximum absolute atomic E-state index is 5.91. The maximum Gasteiger partial charge on any atom is 0.165 e. The summed E-state index contributed by atoms with van der Waals surface area (Å²) in [6.07, 6.45) is 0. The lowest BCUT2D eigenvalue weighted by Gasteiger charge is -2.15. The van der Waals surface area contributed by atoms with Crippen LogP contribution in [0.1, 0.15) is 18.5 Å². The molecule has 0 unspecified atom stereocenters. The molecular weight excluding hydrogens is 202 g/mol. The number of benzene rings is 1. The molecule has 0 fully saturated rings. The van der Waals surface area contributed by atoms with Crippen LogP contribution in [0, 0.1) is 0 Å². The van der Waals surface area contributed by atoms with Crippen molar-refractivity contribution in [1.29, 1.82) is 0 Å². The van der Waals surface area contributed by atoms with Gasteiger partial charge < -0.3 is 15.2 Å². The number of methoxy groups -OCH3 is 2. The van der Waals surface area contributed by atoms with E-state index in [2.05, 4.69) is 0 Å². The molecule has 1 atom stereocenters. The summed E-state index contributed by atoms with van der Waals surface area (Å²) in [4.78, 5) is 0. The van der Waals surface area contributed by atoms with Gasteiger partial charge >= 0.3 is 0 Å². The Balaban J connectivity index is 3.31. The second-order valence-electron chi connectivity index (χ2n) is 3.02. The van der Waals surface area contributed by atoms with Crippen molar-refractivity contribution in [3.8, 4) is 11.5 Å². The summed E-state index contributed by atoms with van der Waals surface area (Å²) in [5.41, 5.74) is 6.63. The Morgan fingerprint density at radius 3 is 2.36 bits per heavy atom. The van der Waals surface area contributed by atoms with Crippen molar-refractivity contribution in [2.24, 2.45) is 5.73 Å². The highest BCUT2D eigenvalue weighted by Crippen LogP contribution is 2.36. The average Bonchev–Trinajstić information content (AvgIpc) is 2.16. The molecule has 78 valence electrons. The van der Waals surface area contributed by atoms with Crippen molar-refractivity contribution in [3.05, 3.63) is 22.7 Å². The van der Waals surface area contributed by atoms with Crippen LogP contribution in [0.25, 0.3) is 0 Å². The number of halogens is 1. The summed E-state index contributed by atoms with van der Waals surface area (Å²) >= 11 is 5.91. The van der Waals surface area contributed by atoms with E-state index in [1.54, 1.807) is 26.4 Å². The molecule has 1 aromatic rings. The van der Waals surface area contributed by atoms with Crippen molar-refractivity contribution < 1.29 is 9.47 Å². The van der Waals surface area contributed by atoms with Gasteiger partial charge in [-0.25, -0.2) is 0 Å². The van der Waals surface area contributed by atoms with Crippen molar-refractivity contribution in [2.45, 2.75) is 13.0 Å². The second kappa shape index (κ2) is 4.53. The summed E-state index contributed by atoms with van der Waals surface area (Å²) in [5.74, 6) is 1.25. The van der Waals surface area contributed by atoms with Gasteiger partial charge in [0.25, 0.3) is 0 Å². The van der Waals surface area contributed by atoms with E-state index in [0.717, 1.165) is 5.56 Å². The number of hydrogen-bond acceptors (Lipinski definition) is 3. The van der Waals surface area contributed by atoms with Gasteiger partial charge in [-0.2, -0.15) is 0 Å². The molecule has 4 heteroatoms. The molecule has 0 heterocycles. The van der Waals surface area contributed by atoms with Crippen LogP contribution in [-0.2, 0) is 0 Å². The first-order valence-electron chi connectivity index (χ1n) is 4.27. The van der Waals surface area contributed by atoms with E-state index in [0.29, 0.717) is 16.5 Å². The topological polar surface area (TPSA) is 44.5 Å². The molecule has 0 bridgehead atoms. The third-order valence-electron chi connectivity index (χ3n) is 1.96. The van der Waals surface area contributed by atoms with Crippen molar-refractivity contribution >= 4 is 11.6 Å². The lowest BCUT2D eigenvalue weighted by Crippen LogP contribution is -2.07. The fourth-order valence-corrected chi connectivity index (χ4v) is 1.51. The lowest BCUT2D eigenvalue weighted by atomic mass is 10.1. The van der Waals surface area contributed by atoms with Crippen LogP contribution in [0.5, 0.6) is 11.5 Å². The van der Waals surface area contributed by atoms with Gasteiger partial charge in [-0.05, 0) is 13.0 Å². The highest BCUT2D eigenvalue weighted by Gasteiger charge is 2.14. The van der Waals surface area contributed by atoms with Gasteiger partial charge in [-0.1, -0.05) is 11.6 Å². The SMILES string of the molecule is COc1cc(Cl)cc([C@@H](C)N)c1OC. The molecule has 0 aliphatic rings. The predicted octanol–water partition coefficient (Wildman–Crippen LogP) is 2.38. The predicted molar refractivity (Wildman–Crippen MR) is 57.2 cm³/mol. The van der Waals surface area contributed by atoms with Crippen LogP contribution in [-0.4, -0.2) is 14.2 Å². The fraction of sp³-hybridized carbons (Fsp3) is 0.400. The average molecular weight is 216 g/mol. The first-order chi connectivity index (χ1) is 6.60. The van der Waals surface area contributed by atoms with E-state index < -0.39 is 0 Å². The van der Waals surface area contributed by atoms with E-state index in [4.69, 9.17) is 26.8 Å². The summed E-state index contributed by atoms with van der Waals surface area (Å²) in [6.45, 7) is 1.87. The molecule has 3 nitrogen and oxygen atoms in total. The molecule has 0 aliphatic heterocycles. The largest absolute Gasteiger partial charge is 0.493 e. The molecule has 0 saturated carbocycles. The Hall–Kier alpha value is -0.930. The first kappa shape index (κ1) is 11.1. The standard InChI is InChI=1S/C10H14ClNO2/c1-6(12)8-4-7(11)5-9(13-2)10(8)14-3/h4-6H,12H2,1-3H3/t6-/m1/s1. The number of ether oxygens (including phenoxy) is 2. The fourth-order valence-electron chi connectivity index (χ4n) is 1.30. The maximum atomic E-state index is 5.91. The van der Waals surface area contributed by atoms with Crippen LogP contribution in [0.4, 0.5) is 0 Å². The first-order valence-corrected chi connectivity index (χ1v) is 4.65. The highest BCUT2D eigenvalue weighted by atomic mass is 35.5. The second-order valence-corrected chi connectivity index (χ2v) is 3.46. The number of rotatable bonds is 3. The minimum absolute atomic E-state index is 0.141. The molecule has 1 rings (SSSR count). The summed E-state index contributed by atoms with van der Waals surface area (Å²) in [7, 11) is 3.15. The molecule has 0 amide bonds. The third-order valence-corrected chi connectivity index (χ3v) is 2.18. The van der Waals surface area contributed by atoms with Gasteiger partial charge in [0.05, 0.1) is 14.2 Å². The molecule has 0 aromatic heterocycles. The van der Waals surface area contributed by atoms with E-state index in [9.17, 15) is 0 Å². The Kier molecular flexibility index (Phi) is 3.61. The quantitative estimate of drug-likeness (QED) is 0.842. The Morgan fingerprint density at radius 1 is 1.29 bits per heavy atom. The van der Waals surface area contributed by atoms with E-state index in [-0.39, 0.29) is 6.04 Å². The zero-order chi connectivity index (χ0) is 10.7. The lowest BCUT2D eigenvalue weighted by molar-refractivity contribution is 0.350. The monoisotopic (exact) mass is 215 g/mol. The molecule has 0 spiro atoms. The van der Waals surface area contributed by atoms with Crippen molar-refractivity contribution in [2.75, 3.05) is 14.2 Å². The minimum atomic E-state index is -0.141. The molecule has 1 aromatic carbocycles. The van der Waals surface area contributed by atoms with Crippen molar-refractivity contribution in [3.63, 3.8) is 0 Å². The molecule has 2 N–H and O–H groups in total. The van der Waals surface area contributed by atoms with Crippen LogP contribution in [0.15, 0.2) is 12.1 Å². The molecule has 0 radical (unpaired) electrons. The molecular formula is C10H14ClNO2. The van der Waals surface area contributed by atoms with Gasteiger partial charge in [-0.15, -0.1) is 0 Å². The van der Waals surface area contributed by atoms with Gasteiger partial charge in [0.15, 0.2) is 11.5 Å². The van der Waals surface area contributed by atoms with Crippen LogP contribution >= 0.6 is 11.6 Å². The van der Waals surface area contributed by atoms with Crippen LogP contribution < -0.4 is 15.2 Å².